The van der Waals surface area contributed by atoms with Gasteiger partial charge in [0.15, 0.2) is 24.5 Å². The average Bonchev–Trinajstić information content (AvgIpc) is 2.83. The number of carbonyl (C=O) groups excluding carboxylic acids is 6. The van der Waals surface area contributed by atoms with Gasteiger partial charge in [0.25, 0.3) is 5.56 Å². The zero-order chi connectivity index (χ0) is 30.1. The van der Waals surface area contributed by atoms with Gasteiger partial charge < -0.3 is 34.3 Å². The summed E-state index contributed by atoms with van der Waals surface area (Å²) in [5.41, 5.74) is -2.34. The molecule has 5 atom stereocenters. The Bertz CT molecular complexity index is 1280. The molecule has 0 unspecified atom stereocenters. The molecular weight excluding hydrogens is 547 g/mol. The molecule has 17 nitrogen and oxygen atoms in total. The number of nitrogens with zero attached hydrogens (tertiary/aromatic N) is 1. The number of rotatable bonds is 10. The van der Waals surface area contributed by atoms with Crippen molar-refractivity contribution in [1.82, 2.24) is 20.2 Å². The number of hydrogen-bond acceptors (Lipinski definition) is 13. The molecule has 2 heterocycles. The maximum atomic E-state index is 13.4. The standard InChI is InChI=1S/C22H27FN4O13/c1-9(28)36-8-14-17(37-10(2)29)18(38-11(3)30)19(39-12(4)31)21(40-14)25-15(32)5-24-16(33)7-27-6-13(23)20(34)26-22(27)35/h6,14,17-19,21H,5,7-8H2,1-4H3,(H,24,33)(H,25,32)(H,26,34,35)/t14-,17+,18+,19-,21-/m1/s1. The Morgan fingerprint density at radius 2 is 1.48 bits per heavy atom. The van der Waals surface area contributed by atoms with Crippen molar-refractivity contribution in [2.45, 2.75) is 64.9 Å². The monoisotopic (exact) mass is 574 g/mol. The van der Waals surface area contributed by atoms with Crippen LogP contribution in [0.3, 0.4) is 0 Å². The molecule has 3 N–H and O–H groups in total. The van der Waals surface area contributed by atoms with Crippen molar-refractivity contribution >= 4 is 35.7 Å². The summed E-state index contributed by atoms with van der Waals surface area (Å²) < 4.78 is 40.2. The van der Waals surface area contributed by atoms with Gasteiger partial charge in [-0.1, -0.05) is 0 Å². The molecule has 2 rings (SSSR count). The molecule has 0 aromatic carbocycles. The molecule has 1 aliphatic rings. The minimum Gasteiger partial charge on any atom is -0.463 e. The van der Waals surface area contributed by atoms with Gasteiger partial charge in [-0.3, -0.25) is 43.1 Å². The van der Waals surface area contributed by atoms with Crippen LogP contribution in [-0.4, -0.2) is 89.0 Å². The van der Waals surface area contributed by atoms with E-state index in [0.717, 1.165) is 27.7 Å². The number of hydrogen-bond donors (Lipinski definition) is 3. The summed E-state index contributed by atoms with van der Waals surface area (Å²) in [5, 5.41) is 4.47. The number of halogens is 1. The molecule has 1 aromatic rings. The zero-order valence-corrected chi connectivity index (χ0v) is 21.7. The van der Waals surface area contributed by atoms with Crippen molar-refractivity contribution in [1.29, 1.82) is 0 Å². The number of ether oxygens (including phenoxy) is 5. The molecule has 1 aromatic heterocycles. The highest BCUT2D eigenvalue weighted by Crippen LogP contribution is 2.28. The highest BCUT2D eigenvalue weighted by molar-refractivity contribution is 5.84. The van der Waals surface area contributed by atoms with E-state index in [-0.39, 0.29) is 0 Å². The zero-order valence-electron chi connectivity index (χ0n) is 21.7. The van der Waals surface area contributed by atoms with E-state index in [1.54, 1.807) is 4.98 Å². The fourth-order valence-electron chi connectivity index (χ4n) is 3.54. The molecule has 1 aliphatic heterocycles. The van der Waals surface area contributed by atoms with E-state index in [9.17, 15) is 42.7 Å². The molecule has 0 saturated carbocycles. The molecule has 18 heteroatoms. The SMILES string of the molecule is CC(=O)OC[C@H]1O[C@@H](NC(=O)CNC(=O)Cn2cc(F)c(=O)[nH]c2=O)[C@H](OC(C)=O)[C@@H](OC(C)=O)[C@H]1OC(C)=O. The second-order valence-electron chi connectivity index (χ2n) is 8.33. The normalized spacial score (nSPS) is 21.9. The third kappa shape index (κ3) is 9.29. The fraction of sp³-hybridized carbons (Fsp3) is 0.545. The van der Waals surface area contributed by atoms with Gasteiger partial charge in [-0.05, 0) is 0 Å². The third-order valence-electron chi connectivity index (χ3n) is 5.02. The Morgan fingerprint density at radius 1 is 0.900 bits per heavy atom. The van der Waals surface area contributed by atoms with Gasteiger partial charge in [-0.25, -0.2) is 4.79 Å². The average molecular weight is 574 g/mol. The Kier molecular flexibility index (Phi) is 11.0. The topological polar surface area (TPSA) is 227 Å². The van der Waals surface area contributed by atoms with Gasteiger partial charge in [0.2, 0.25) is 17.6 Å². The van der Waals surface area contributed by atoms with Gasteiger partial charge >= 0.3 is 29.6 Å². The molecule has 1 fully saturated rings. The second kappa shape index (κ2) is 14.0. The summed E-state index contributed by atoms with van der Waals surface area (Å²) in [4.78, 5) is 96.0. The number of carbonyl (C=O) groups is 6. The van der Waals surface area contributed by atoms with Crippen molar-refractivity contribution in [3.63, 3.8) is 0 Å². The molecule has 0 aliphatic carbocycles. The van der Waals surface area contributed by atoms with Gasteiger partial charge in [0.1, 0.15) is 19.3 Å². The van der Waals surface area contributed by atoms with Crippen LogP contribution >= 0.6 is 0 Å². The molecule has 0 bridgehead atoms. The van der Waals surface area contributed by atoms with Crippen molar-refractivity contribution < 1.29 is 56.8 Å². The van der Waals surface area contributed by atoms with E-state index in [2.05, 4.69) is 10.6 Å². The predicted octanol–water partition coefficient (Wildman–Crippen LogP) is -3.01. The number of esters is 4. The summed E-state index contributed by atoms with van der Waals surface area (Å²) >= 11 is 0. The molecule has 2 amide bonds. The quantitative estimate of drug-likeness (QED) is 0.187. The van der Waals surface area contributed by atoms with Crippen LogP contribution in [0.4, 0.5) is 4.39 Å². The van der Waals surface area contributed by atoms with E-state index < -0.39 is 103 Å². The summed E-state index contributed by atoms with van der Waals surface area (Å²) in [6.45, 7) is 2.16. The minimum absolute atomic E-state index is 0.512. The van der Waals surface area contributed by atoms with Crippen LogP contribution in [0.2, 0.25) is 0 Å². The Labute approximate surface area is 224 Å². The maximum Gasteiger partial charge on any atom is 0.328 e. The predicted molar refractivity (Wildman–Crippen MR) is 124 cm³/mol. The van der Waals surface area contributed by atoms with Gasteiger partial charge in [-0.2, -0.15) is 4.39 Å². The molecular formula is C22H27FN4O13. The summed E-state index contributed by atoms with van der Waals surface area (Å²) in [6, 6.07) is 0. The third-order valence-corrected chi connectivity index (χ3v) is 5.02. The Balaban J connectivity index is 2.22. The number of nitrogens with one attached hydrogen (secondary N) is 3. The smallest absolute Gasteiger partial charge is 0.328 e. The van der Waals surface area contributed by atoms with Crippen LogP contribution in [0.25, 0.3) is 0 Å². The highest BCUT2D eigenvalue weighted by atomic mass is 19.1. The maximum absolute atomic E-state index is 13.4. The Morgan fingerprint density at radius 3 is 2.05 bits per heavy atom. The van der Waals surface area contributed by atoms with E-state index >= 15 is 0 Å². The van der Waals surface area contributed by atoms with E-state index in [0.29, 0.717) is 10.8 Å². The lowest BCUT2D eigenvalue weighted by Crippen LogP contribution is -2.66. The Hall–Kier alpha value is -4.61. The number of aromatic nitrogens is 2. The van der Waals surface area contributed by atoms with Crippen molar-refractivity contribution in [2.75, 3.05) is 13.2 Å². The van der Waals surface area contributed by atoms with Gasteiger partial charge in [-0.15, -0.1) is 0 Å². The summed E-state index contributed by atoms with van der Waals surface area (Å²) in [5.74, 6) is -6.52. The van der Waals surface area contributed by atoms with E-state index in [4.69, 9.17) is 23.7 Å². The lowest BCUT2D eigenvalue weighted by Gasteiger charge is -2.44. The van der Waals surface area contributed by atoms with Crippen LogP contribution in [0.5, 0.6) is 0 Å². The first kappa shape index (κ1) is 31.6. The highest BCUT2D eigenvalue weighted by Gasteiger charge is 2.52. The van der Waals surface area contributed by atoms with Crippen LogP contribution in [0.15, 0.2) is 15.8 Å². The first-order valence-corrected chi connectivity index (χ1v) is 11.5. The molecule has 220 valence electrons. The number of H-pyrrole nitrogens is 1. The molecule has 0 spiro atoms. The largest absolute Gasteiger partial charge is 0.463 e. The van der Waals surface area contributed by atoms with Crippen LogP contribution in [0.1, 0.15) is 27.7 Å². The van der Waals surface area contributed by atoms with Crippen LogP contribution in [0, 0.1) is 5.82 Å². The first-order valence-electron chi connectivity index (χ1n) is 11.5. The van der Waals surface area contributed by atoms with E-state index in [1.807, 2.05) is 0 Å². The van der Waals surface area contributed by atoms with Crippen molar-refractivity contribution in [2.24, 2.45) is 0 Å². The van der Waals surface area contributed by atoms with Crippen molar-refractivity contribution in [3.8, 4) is 0 Å². The van der Waals surface area contributed by atoms with Gasteiger partial charge in [0, 0.05) is 27.7 Å². The number of aromatic amines is 1. The molecule has 40 heavy (non-hydrogen) atoms. The van der Waals surface area contributed by atoms with Crippen molar-refractivity contribution in [3.05, 3.63) is 32.9 Å². The molecule has 1 saturated heterocycles. The first-order chi connectivity index (χ1) is 18.7. The van der Waals surface area contributed by atoms with Gasteiger partial charge in [0.05, 0.1) is 12.7 Å². The lowest BCUT2D eigenvalue weighted by atomic mass is 9.97. The summed E-state index contributed by atoms with van der Waals surface area (Å²) in [7, 11) is 0. The van der Waals surface area contributed by atoms with Crippen LogP contribution < -0.4 is 21.9 Å². The summed E-state index contributed by atoms with van der Waals surface area (Å²) in [6.07, 6.45) is -6.90. The lowest BCUT2D eigenvalue weighted by molar-refractivity contribution is -0.256. The second-order valence-corrected chi connectivity index (χ2v) is 8.33. The van der Waals surface area contributed by atoms with E-state index in [1.165, 1.54) is 0 Å². The van der Waals surface area contributed by atoms with Crippen LogP contribution in [-0.2, 0) is 59.0 Å². The molecule has 0 radical (unpaired) electrons. The minimum atomic E-state index is -1.57. The number of amides is 2. The fourth-order valence-corrected chi connectivity index (χ4v) is 3.54.